The Hall–Kier alpha value is -3.00. The van der Waals surface area contributed by atoms with E-state index in [-0.39, 0.29) is 0 Å². The van der Waals surface area contributed by atoms with E-state index in [1.165, 1.54) is 0 Å². The van der Waals surface area contributed by atoms with Gasteiger partial charge in [-0.1, -0.05) is 0 Å². The van der Waals surface area contributed by atoms with Crippen LogP contribution in [0, 0.1) is 0 Å². The number of imidazole rings is 1. The number of aromatic amines is 1. The Bertz CT molecular complexity index is 1030. The number of nitrogens with zero attached hydrogens (tertiary/aromatic N) is 5. The van der Waals surface area contributed by atoms with Crippen LogP contribution in [0.25, 0.3) is 27.9 Å². The van der Waals surface area contributed by atoms with E-state index in [2.05, 4.69) is 30.2 Å². The van der Waals surface area contributed by atoms with E-state index in [4.69, 9.17) is 4.74 Å². The number of fused-ring (bicyclic) bond motifs is 2. The molecule has 5 heterocycles. The lowest BCUT2D eigenvalue weighted by Crippen LogP contribution is -2.28. The molecule has 25 heavy (non-hydrogen) atoms. The van der Waals surface area contributed by atoms with Crippen LogP contribution in [0.3, 0.4) is 0 Å². The molecule has 1 fully saturated rings. The molecule has 8 nitrogen and oxygen atoms in total. The molecule has 0 amide bonds. The third kappa shape index (κ3) is 2.60. The number of ether oxygens (including phenoxy) is 1. The summed E-state index contributed by atoms with van der Waals surface area (Å²) in [5.41, 5.74) is 2.83. The first kappa shape index (κ1) is 14.4. The summed E-state index contributed by atoms with van der Waals surface area (Å²) in [7, 11) is 0. The lowest BCUT2D eigenvalue weighted by molar-refractivity contribution is 0.0903. The summed E-state index contributed by atoms with van der Waals surface area (Å²) in [5.74, 6) is 1.33. The highest BCUT2D eigenvalue weighted by molar-refractivity contribution is 5.93. The highest BCUT2D eigenvalue weighted by Gasteiger charge is 2.16. The fraction of sp³-hybridized carbons (Fsp3) is 0.294. The molecule has 0 aromatic carbocycles. The van der Waals surface area contributed by atoms with Crippen molar-refractivity contribution in [1.29, 1.82) is 0 Å². The Morgan fingerprint density at radius 3 is 3.00 bits per heavy atom. The van der Waals surface area contributed by atoms with E-state index >= 15 is 0 Å². The predicted molar refractivity (Wildman–Crippen MR) is 93.3 cm³/mol. The Morgan fingerprint density at radius 1 is 1.16 bits per heavy atom. The maximum absolute atomic E-state index is 5.39. The van der Waals surface area contributed by atoms with Gasteiger partial charge in [-0.05, 0) is 12.8 Å². The topological polar surface area (TPSA) is 93.0 Å². The van der Waals surface area contributed by atoms with E-state index in [1.54, 1.807) is 6.20 Å². The van der Waals surface area contributed by atoms with E-state index in [0.717, 1.165) is 48.2 Å². The summed E-state index contributed by atoms with van der Waals surface area (Å²) in [6.45, 7) is 1.58. The molecule has 0 radical (unpaired) electrons. The molecule has 126 valence electrons. The summed E-state index contributed by atoms with van der Waals surface area (Å²) in [6.07, 6.45) is 13.2. The molecule has 8 heteroatoms. The minimum absolute atomic E-state index is 0.369. The zero-order valence-corrected chi connectivity index (χ0v) is 13.5. The van der Waals surface area contributed by atoms with Crippen LogP contribution in [-0.4, -0.2) is 48.6 Å². The summed E-state index contributed by atoms with van der Waals surface area (Å²) < 4.78 is 7.28. The molecule has 0 spiro atoms. The first-order valence-electron chi connectivity index (χ1n) is 8.34. The maximum atomic E-state index is 5.39. The van der Waals surface area contributed by atoms with Crippen LogP contribution in [0.2, 0.25) is 0 Å². The van der Waals surface area contributed by atoms with Crippen molar-refractivity contribution in [2.24, 2.45) is 0 Å². The molecule has 1 aliphatic rings. The van der Waals surface area contributed by atoms with Crippen LogP contribution in [0.1, 0.15) is 12.8 Å². The Kier molecular flexibility index (Phi) is 3.34. The summed E-state index contributed by atoms with van der Waals surface area (Å²) in [4.78, 5) is 20.9. The molecule has 0 unspecified atom stereocenters. The molecule has 2 N–H and O–H groups in total. The molecule has 0 saturated carbocycles. The number of H-pyrrole nitrogens is 1. The van der Waals surface area contributed by atoms with Crippen molar-refractivity contribution in [2.45, 2.75) is 18.9 Å². The van der Waals surface area contributed by atoms with Crippen molar-refractivity contribution in [3.63, 3.8) is 0 Å². The molecule has 4 aromatic heterocycles. The van der Waals surface area contributed by atoms with Crippen molar-refractivity contribution >= 4 is 22.8 Å². The van der Waals surface area contributed by atoms with Crippen molar-refractivity contribution < 1.29 is 4.74 Å². The van der Waals surface area contributed by atoms with Crippen molar-refractivity contribution in [3.05, 3.63) is 37.2 Å². The van der Waals surface area contributed by atoms with Gasteiger partial charge in [-0.25, -0.2) is 15.0 Å². The van der Waals surface area contributed by atoms with Crippen LogP contribution in [-0.2, 0) is 4.74 Å². The van der Waals surface area contributed by atoms with E-state index in [1.807, 2.05) is 35.4 Å². The summed E-state index contributed by atoms with van der Waals surface area (Å²) >= 11 is 0. The standard InChI is InChI=1S/C17H17N7O/c1-5-25-6-2-12(1)22-16-20-9-14-13(8-19-15(14)23-16)11-7-21-17-18-3-4-24(17)10-11/h3-4,7-10,12H,1-2,5-6H2,(H2,19,20,22,23). The van der Waals surface area contributed by atoms with Crippen LogP contribution >= 0.6 is 0 Å². The SMILES string of the molecule is c1cn2cc(-c3c[nH]c4nc(NC5CCOCC5)ncc34)cnc2n1. The lowest BCUT2D eigenvalue weighted by atomic mass is 10.1. The first-order chi connectivity index (χ1) is 12.4. The minimum atomic E-state index is 0.369. The average Bonchev–Trinajstić information content (AvgIpc) is 3.28. The Balaban J connectivity index is 1.48. The quantitative estimate of drug-likeness (QED) is 0.596. The molecule has 0 atom stereocenters. The van der Waals surface area contributed by atoms with Gasteiger partial charge >= 0.3 is 0 Å². The third-order valence-electron chi connectivity index (χ3n) is 4.54. The normalized spacial score (nSPS) is 15.8. The van der Waals surface area contributed by atoms with Crippen LogP contribution in [0.5, 0.6) is 0 Å². The number of anilines is 1. The molecule has 4 aromatic rings. The largest absolute Gasteiger partial charge is 0.381 e. The second kappa shape index (κ2) is 5.82. The van der Waals surface area contributed by atoms with Gasteiger partial charge in [0.25, 0.3) is 0 Å². The highest BCUT2D eigenvalue weighted by atomic mass is 16.5. The van der Waals surface area contributed by atoms with Gasteiger partial charge in [-0.2, -0.15) is 4.98 Å². The van der Waals surface area contributed by atoms with Crippen molar-refractivity contribution in [3.8, 4) is 11.1 Å². The van der Waals surface area contributed by atoms with Gasteiger partial charge in [0.2, 0.25) is 11.7 Å². The maximum Gasteiger partial charge on any atom is 0.233 e. The van der Waals surface area contributed by atoms with E-state index in [9.17, 15) is 0 Å². The van der Waals surface area contributed by atoms with Gasteiger partial charge in [-0.15, -0.1) is 0 Å². The molecule has 1 aliphatic heterocycles. The van der Waals surface area contributed by atoms with Crippen molar-refractivity contribution in [1.82, 2.24) is 29.3 Å². The van der Waals surface area contributed by atoms with Gasteiger partial charge in [-0.3, -0.25) is 4.40 Å². The minimum Gasteiger partial charge on any atom is -0.381 e. The molecule has 1 saturated heterocycles. The lowest BCUT2D eigenvalue weighted by Gasteiger charge is -2.22. The Morgan fingerprint density at radius 2 is 2.08 bits per heavy atom. The first-order valence-corrected chi connectivity index (χ1v) is 8.34. The van der Waals surface area contributed by atoms with Gasteiger partial charge in [0, 0.05) is 72.9 Å². The van der Waals surface area contributed by atoms with Crippen molar-refractivity contribution in [2.75, 3.05) is 18.5 Å². The monoisotopic (exact) mass is 335 g/mol. The van der Waals surface area contributed by atoms with Gasteiger partial charge in [0.1, 0.15) is 5.65 Å². The molecule has 0 aliphatic carbocycles. The smallest absolute Gasteiger partial charge is 0.233 e. The summed E-state index contributed by atoms with van der Waals surface area (Å²) in [6, 6.07) is 0.369. The fourth-order valence-electron chi connectivity index (χ4n) is 3.20. The molecule has 5 rings (SSSR count). The highest BCUT2D eigenvalue weighted by Crippen LogP contribution is 2.27. The second-order valence-electron chi connectivity index (χ2n) is 6.17. The van der Waals surface area contributed by atoms with Crippen LogP contribution < -0.4 is 5.32 Å². The third-order valence-corrected chi connectivity index (χ3v) is 4.54. The van der Waals surface area contributed by atoms with E-state index < -0.39 is 0 Å². The predicted octanol–water partition coefficient (Wildman–Crippen LogP) is 2.26. The van der Waals surface area contributed by atoms with Gasteiger partial charge in [0.05, 0.1) is 0 Å². The molecule has 0 bridgehead atoms. The number of aromatic nitrogens is 6. The van der Waals surface area contributed by atoms with Crippen LogP contribution in [0.4, 0.5) is 5.95 Å². The summed E-state index contributed by atoms with van der Waals surface area (Å²) in [5, 5.41) is 4.37. The fourth-order valence-corrected chi connectivity index (χ4v) is 3.20. The zero-order valence-electron chi connectivity index (χ0n) is 13.5. The average molecular weight is 335 g/mol. The van der Waals surface area contributed by atoms with Gasteiger partial charge < -0.3 is 15.0 Å². The zero-order chi connectivity index (χ0) is 16.6. The van der Waals surface area contributed by atoms with Gasteiger partial charge in [0.15, 0.2) is 0 Å². The molecular formula is C17H17N7O. The Labute approximate surface area is 143 Å². The second-order valence-corrected chi connectivity index (χ2v) is 6.17. The number of hydrogen-bond donors (Lipinski definition) is 2. The molecular weight excluding hydrogens is 318 g/mol. The number of hydrogen-bond acceptors (Lipinski definition) is 6. The number of rotatable bonds is 3. The number of nitrogens with one attached hydrogen (secondary N) is 2. The van der Waals surface area contributed by atoms with Crippen LogP contribution in [0.15, 0.2) is 37.2 Å². The van der Waals surface area contributed by atoms with E-state index in [0.29, 0.717) is 17.8 Å².